The molecule has 1 aromatic carbocycles. The fourth-order valence-corrected chi connectivity index (χ4v) is 7.19. The maximum absolute atomic E-state index is 14.4. The van der Waals surface area contributed by atoms with E-state index in [2.05, 4.69) is 6.92 Å². The summed E-state index contributed by atoms with van der Waals surface area (Å²) in [7, 11) is 0. The molecule has 8 heteroatoms. The number of aliphatic hydroxyl groups is 1. The highest BCUT2D eigenvalue weighted by atomic mass is 16.5. The molecule has 5 atom stereocenters. The Bertz CT molecular complexity index is 1150. The lowest BCUT2D eigenvalue weighted by molar-refractivity contribution is -0.154. The lowest BCUT2D eigenvalue weighted by Gasteiger charge is -2.38. The van der Waals surface area contributed by atoms with Crippen LogP contribution < -0.4 is 0 Å². The van der Waals surface area contributed by atoms with Gasteiger partial charge in [-0.15, -0.1) is 0 Å². The number of carbonyl (C=O) groups is 3. The van der Waals surface area contributed by atoms with Gasteiger partial charge in [-0.2, -0.15) is 0 Å². The molecule has 2 fully saturated rings. The minimum absolute atomic E-state index is 0.0219. The second kappa shape index (κ2) is 11.9. The summed E-state index contributed by atoms with van der Waals surface area (Å²) in [5.74, 6) is -1.94. The SMILES string of the molecule is CCCCCN1CC=C[C@]23O[C@]4(CC)C=CCN(Cc5ccccc5)C(=O)[C@@H]4[C@H]2C(=O)N(CCCCO)C3C1=O. The molecular weight excluding hydrogens is 506 g/mol. The monoisotopic (exact) mass is 549 g/mol. The van der Waals surface area contributed by atoms with Crippen molar-refractivity contribution in [2.75, 3.05) is 32.8 Å². The predicted molar refractivity (Wildman–Crippen MR) is 152 cm³/mol. The van der Waals surface area contributed by atoms with Crippen molar-refractivity contribution in [1.29, 1.82) is 0 Å². The standard InChI is InChI=1S/C32H43N3O5/c1-3-5-9-18-33-19-13-17-32-26(29(38)35(21-10-11-22-36)27(32)30(33)39)25-28(37)34(23-24-14-7-6-8-15-24)20-12-16-31(25,4-2)40-32/h6-8,12-17,25-27,36H,3-5,9-11,18-23H2,1-2H3/t25-,26-,27?,31+,32-/m0/s1. The highest BCUT2D eigenvalue weighted by Gasteiger charge is 2.75. The lowest BCUT2D eigenvalue weighted by Crippen LogP contribution is -2.56. The number of likely N-dealkylation sites (tertiary alicyclic amines) is 1. The van der Waals surface area contributed by atoms with Gasteiger partial charge in [-0.3, -0.25) is 14.4 Å². The van der Waals surface area contributed by atoms with Crippen LogP contribution in [0.4, 0.5) is 0 Å². The van der Waals surface area contributed by atoms with Gasteiger partial charge in [-0.25, -0.2) is 0 Å². The van der Waals surface area contributed by atoms with Crippen LogP contribution in [0.2, 0.25) is 0 Å². The van der Waals surface area contributed by atoms with E-state index in [1.807, 2.05) is 71.4 Å². The molecule has 1 aromatic rings. The summed E-state index contributed by atoms with van der Waals surface area (Å²) in [6.45, 7) is 6.46. The third-order valence-electron chi connectivity index (χ3n) is 9.16. The molecule has 4 heterocycles. The number of carbonyl (C=O) groups excluding carboxylic acids is 3. The molecule has 1 unspecified atom stereocenters. The van der Waals surface area contributed by atoms with Crippen LogP contribution in [0.1, 0.15) is 57.9 Å². The highest BCUT2D eigenvalue weighted by molar-refractivity contribution is 6.00. The highest BCUT2D eigenvalue weighted by Crippen LogP contribution is 2.58. The van der Waals surface area contributed by atoms with Crippen molar-refractivity contribution in [3.63, 3.8) is 0 Å². The molecule has 0 bridgehead atoms. The van der Waals surface area contributed by atoms with Crippen LogP contribution in [-0.2, 0) is 25.7 Å². The molecule has 8 nitrogen and oxygen atoms in total. The number of benzene rings is 1. The van der Waals surface area contributed by atoms with E-state index in [1.54, 1.807) is 4.90 Å². The number of fused-ring (bicyclic) bond motifs is 2. The predicted octanol–water partition coefficient (Wildman–Crippen LogP) is 3.31. The van der Waals surface area contributed by atoms with Crippen LogP contribution in [0.3, 0.4) is 0 Å². The molecular formula is C32H43N3O5. The molecule has 3 amide bonds. The van der Waals surface area contributed by atoms with E-state index in [4.69, 9.17) is 4.74 Å². The van der Waals surface area contributed by atoms with E-state index < -0.39 is 29.1 Å². The van der Waals surface area contributed by atoms with Gasteiger partial charge in [0.2, 0.25) is 17.7 Å². The van der Waals surface area contributed by atoms with E-state index in [0.29, 0.717) is 52.0 Å². The fraction of sp³-hybridized carbons (Fsp3) is 0.594. The van der Waals surface area contributed by atoms with Crippen molar-refractivity contribution >= 4 is 17.7 Å². The van der Waals surface area contributed by atoms with Crippen LogP contribution in [0.25, 0.3) is 0 Å². The molecule has 2 saturated heterocycles. The van der Waals surface area contributed by atoms with Gasteiger partial charge in [-0.1, -0.05) is 81.3 Å². The largest absolute Gasteiger partial charge is 0.396 e. The molecule has 5 rings (SSSR count). The second-order valence-corrected chi connectivity index (χ2v) is 11.6. The Morgan fingerprint density at radius 2 is 1.57 bits per heavy atom. The second-order valence-electron chi connectivity index (χ2n) is 11.6. The number of ether oxygens (including phenoxy) is 1. The summed E-state index contributed by atoms with van der Waals surface area (Å²) in [6.07, 6.45) is 12.5. The van der Waals surface area contributed by atoms with Crippen molar-refractivity contribution in [2.24, 2.45) is 11.8 Å². The minimum atomic E-state index is -1.22. The summed E-state index contributed by atoms with van der Waals surface area (Å²) >= 11 is 0. The van der Waals surface area contributed by atoms with Gasteiger partial charge in [0.05, 0.1) is 17.4 Å². The molecule has 0 radical (unpaired) electrons. The van der Waals surface area contributed by atoms with Crippen LogP contribution in [0.5, 0.6) is 0 Å². The average Bonchev–Trinajstić information content (AvgIpc) is 3.25. The Morgan fingerprint density at radius 3 is 2.30 bits per heavy atom. The number of hydrogen-bond donors (Lipinski definition) is 1. The van der Waals surface area contributed by atoms with Gasteiger partial charge < -0.3 is 24.5 Å². The normalized spacial score (nSPS) is 31.3. The third kappa shape index (κ3) is 4.79. The number of hydrogen-bond acceptors (Lipinski definition) is 5. The summed E-state index contributed by atoms with van der Waals surface area (Å²) in [4.78, 5) is 48.4. The van der Waals surface area contributed by atoms with Crippen molar-refractivity contribution in [2.45, 2.75) is 76.2 Å². The molecule has 216 valence electrons. The summed E-state index contributed by atoms with van der Waals surface area (Å²) in [5, 5.41) is 9.42. The van der Waals surface area contributed by atoms with Crippen LogP contribution in [0, 0.1) is 11.8 Å². The van der Waals surface area contributed by atoms with E-state index in [1.165, 1.54) is 0 Å². The number of amides is 3. The molecule has 0 aliphatic carbocycles. The lowest BCUT2D eigenvalue weighted by atomic mass is 9.73. The number of rotatable bonds is 11. The number of aliphatic hydroxyl groups excluding tert-OH is 1. The zero-order chi connectivity index (χ0) is 28.3. The molecule has 4 aliphatic rings. The van der Waals surface area contributed by atoms with E-state index >= 15 is 0 Å². The first-order valence-corrected chi connectivity index (χ1v) is 15.0. The molecule has 1 N–H and O–H groups in total. The Balaban J connectivity index is 1.55. The van der Waals surface area contributed by atoms with Gasteiger partial charge in [0.25, 0.3) is 0 Å². The van der Waals surface area contributed by atoms with Crippen LogP contribution >= 0.6 is 0 Å². The van der Waals surface area contributed by atoms with Crippen molar-refractivity contribution < 1.29 is 24.2 Å². The average molecular weight is 550 g/mol. The van der Waals surface area contributed by atoms with E-state index in [0.717, 1.165) is 24.8 Å². The quantitative estimate of drug-likeness (QED) is 0.338. The maximum atomic E-state index is 14.4. The Morgan fingerprint density at radius 1 is 0.850 bits per heavy atom. The topological polar surface area (TPSA) is 90.4 Å². The van der Waals surface area contributed by atoms with Crippen LogP contribution in [-0.4, -0.2) is 87.6 Å². The van der Waals surface area contributed by atoms with E-state index in [-0.39, 0.29) is 24.3 Å². The van der Waals surface area contributed by atoms with Gasteiger partial charge in [0, 0.05) is 39.3 Å². The van der Waals surface area contributed by atoms with Gasteiger partial charge in [0.1, 0.15) is 11.6 Å². The zero-order valence-corrected chi connectivity index (χ0v) is 23.8. The summed E-state index contributed by atoms with van der Waals surface area (Å²) < 4.78 is 7.02. The van der Waals surface area contributed by atoms with Gasteiger partial charge in [0.15, 0.2) is 0 Å². The Kier molecular flexibility index (Phi) is 8.47. The third-order valence-corrected chi connectivity index (χ3v) is 9.16. The summed E-state index contributed by atoms with van der Waals surface area (Å²) in [5.41, 5.74) is -1.17. The van der Waals surface area contributed by atoms with Crippen molar-refractivity contribution in [3.05, 3.63) is 60.2 Å². The summed E-state index contributed by atoms with van der Waals surface area (Å²) in [6, 6.07) is 9.04. The Labute approximate surface area is 237 Å². The van der Waals surface area contributed by atoms with Gasteiger partial charge >= 0.3 is 0 Å². The first kappa shape index (κ1) is 28.6. The molecule has 1 spiro atoms. The van der Waals surface area contributed by atoms with Crippen LogP contribution in [0.15, 0.2) is 54.6 Å². The van der Waals surface area contributed by atoms with Crippen molar-refractivity contribution in [1.82, 2.24) is 14.7 Å². The minimum Gasteiger partial charge on any atom is -0.396 e. The van der Waals surface area contributed by atoms with E-state index in [9.17, 15) is 19.5 Å². The Hall–Kier alpha value is -2.97. The number of unbranched alkanes of at least 4 members (excludes halogenated alkanes) is 3. The molecule has 0 aromatic heterocycles. The number of nitrogens with zero attached hydrogens (tertiary/aromatic N) is 3. The molecule has 0 saturated carbocycles. The van der Waals surface area contributed by atoms with Gasteiger partial charge in [-0.05, 0) is 31.2 Å². The zero-order valence-electron chi connectivity index (χ0n) is 23.8. The molecule has 4 aliphatic heterocycles. The smallest absolute Gasteiger partial charge is 0.249 e. The maximum Gasteiger partial charge on any atom is 0.249 e. The fourth-order valence-electron chi connectivity index (χ4n) is 7.19. The first-order valence-electron chi connectivity index (χ1n) is 15.0. The molecule has 40 heavy (non-hydrogen) atoms. The first-order chi connectivity index (χ1) is 19.4. The van der Waals surface area contributed by atoms with Crippen molar-refractivity contribution in [3.8, 4) is 0 Å².